The lowest BCUT2D eigenvalue weighted by molar-refractivity contribution is -0.896. The Hall–Kier alpha value is -4.33. The lowest BCUT2D eigenvalue weighted by Crippen LogP contribution is -2.32. The van der Waals surface area contributed by atoms with Crippen LogP contribution in [0.2, 0.25) is 0 Å². The molecule has 0 bridgehead atoms. The van der Waals surface area contributed by atoms with E-state index in [0.717, 1.165) is 15.9 Å². The topological polar surface area (TPSA) is 94.9 Å². The molecule has 168 valence electrons. The monoisotopic (exact) mass is 447 g/mol. The highest BCUT2D eigenvalue weighted by Gasteiger charge is 2.26. The van der Waals surface area contributed by atoms with Gasteiger partial charge in [0.05, 0.1) is 12.7 Å². The van der Waals surface area contributed by atoms with E-state index in [-0.39, 0.29) is 30.4 Å². The van der Waals surface area contributed by atoms with Crippen LogP contribution >= 0.6 is 0 Å². The molecule has 0 aliphatic carbocycles. The Labute approximate surface area is 190 Å². The van der Waals surface area contributed by atoms with Crippen LogP contribution in [0.25, 0.3) is 11.5 Å². The van der Waals surface area contributed by atoms with Crippen LogP contribution in [0.3, 0.4) is 0 Å². The maximum Gasteiger partial charge on any atom is 0.360 e. The van der Waals surface area contributed by atoms with Crippen molar-refractivity contribution in [3.8, 4) is 23.0 Å². The Balaban J connectivity index is 1.63. The van der Waals surface area contributed by atoms with Crippen molar-refractivity contribution in [1.82, 2.24) is 5.16 Å². The number of hydrogen-bond acceptors (Lipinski definition) is 7. The summed E-state index contributed by atoms with van der Waals surface area (Å²) in [5.74, 6) is 0.287. The molecule has 0 saturated heterocycles. The highest BCUT2D eigenvalue weighted by atomic mass is 16.5. The van der Waals surface area contributed by atoms with Crippen LogP contribution < -0.4 is 14.2 Å². The Kier molecular flexibility index (Phi) is 6.84. The van der Waals surface area contributed by atoms with Crippen molar-refractivity contribution in [1.29, 1.82) is 0 Å². The molecular weight excluding hydrogens is 424 g/mol. The first-order valence-electron chi connectivity index (χ1n) is 10.4. The van der Waals surface area contributed by atoms with Crippen LogP contribution in [0.4, 0.5) is 0 Å². The zero-order valence-electron chi connectivity index (χ0n) is 18.0. The number of carbonyl (C=O) groups excluding carboxylic acids is 1. The smallest absolute Gasteiger partial charge is 0.360 e. The first kappa shape index (κ1) is 21.9. The summed E-state index contributed by atoms with van der Waals surface area (Å²) in [6.07, 6.45) is 1.38. The van der Waals surface area contributed by atoms with Crippen molar-refractivity contribution in [3.05, 3.63) is 95.8 Å². The Morgan fingerprint density at radius 2 is 1.55 bits per heavy atom. The van der Waals surface area contributed by atoms with Gasteiger partial charge in [-0.15, -0.1) is 0 Å². The van der Waals surface area contributed by atoms with Gasteiger partial charge in [-0.2, -0.15) is 0 Å². The van der Waals surface area contributed by atoms with E-state index in [4.69, 9.17) is 18.7 Å². The van der Waals surface area contributed by atoms with E-state index < -0.39 is 5.97 Å². The standard InChI is InChI=1S/C25H23N2O6/c1-2-30-25(28)20-13-22(33-26-20)21-14-23(31-16-18-9-5-3-6-10-18)24(15-27(21)29)32-17-19-11-7-4-8-12-19/h3-15,29H,2,16-17H2,1H3/q+1. The molecule has 0 unspecified atom stereocenters. The normalized spacial score (nSPS) is 10.6. The van der Waals surface area contributed by atoms with Crippen molar-refractivity contribution in [2.45, 2.75) is 20.1 Å². The van der Waals surface area contributed by atoms with Crippen LogP contribution in [-0.4, -0.2) is 22.9 Å². The maximum absolute atomic E-state index is 11.9. The summed E-state index contributed by atoms with van der Waals surface area (Å²) >= 11 is 0. The van der Waals surface area contributed by atoms with Crippen LogP contribution in [0.1, 0.15) is 28.5 Å². The summed E-state index contributed by atoms with van der Waals surface area (Å²) in [5.41, 5.74) is 2.17. The van der Waals surface area contributed by atoms with Gasteiger partial charge in [-0.1, -0.05) is 65.8 Å². The number of rotatable bonds is 9. The summed E-state index contributed by atoms with van der Waals surface area (Å²) in [5, 5.41) is 14.3. The molecule has 2 aromatic heterocycles. The second kappa shape index (κ2) is 10.3. The molecule has 8 heteroatoms. The van der Waals surface area contributed by atoms with E-state index in [1.807, 2.05) is 60.7 Å². The molecular formula is C25H23N2O6+. The maximum atomic E-state index is 11.9. The highest BCUT2D eigenvalue weighted by Crippen LogP contribution is 2.31. The molecule has 0 spiro atoms. The van der Waals surface area contributed by atoms with Gasteiger partial charge in [-0.3, -0.25) is 5.21 Å². The number of nitrogens with zero attached hydrogens (tertiary/aromatic N) is 2. The van der Waals surface area contributed by atoms with Crippen LogP contribution in [0.15, 0.2) is 83.5 Å². The number of hydrogen-bond donors (Lipinski definition) is 1. The molecule has 4 rings (SSSR count). The van der Waals surface area contributed by atoms with Gasteiger partial charge in [0.1, 0.15) is 13.2 Å². The van der Waals surface area contributed by atoms with Crippen LogP contribution in [0.5, 0.6) is 11.5 Å². The molecule has 2 aromatic carbocycles. The van der Waals surface area contributed by atoms with E-state index in [9.17, 15) is 10.0 Å². The lowest BCUT2D eigenvalue weighted by Gasteiger charge is -2.12. The Morgan fingerprint density at radius 1 is 0.939 bits per heavy atom. The van der Waals surface area contributed by atoms with Gasteiger partial charge >= 0.3 is 11.7 Å². The fourth-order valence-corrected chi connectivity index (χ4v) is 3.08. The number of pyridine rings is 1. The fraction of sp³-hybridized carbons (Fsp3) is 0.160. The van der Waals surface area contributed by atoms with Gasteiger partial charge in [0.2, 0.25) is 11.5 Å². The molecule has 0 aliphatic rings. The minimum atomic E-state index is -0.611. The van der Waals surface area contributed by atoms with Gasteiger partial charge in [0, 0.05) is 10.8 Å². The van der Waals surface area contributed by atoms with E-state index in [2.05, 4.69) is 5.16 Å². The van der Waals surface area contributed by atoms with E-state index in [1.54, 1.807) is 13.0 Å². The molecule has 0 atom stereocenters. The summed E-state index contributed by atoms with van der Waals surface area (Å²) in [7, 11) is 0. The highest BCUT2D eigenvalue weighted by molar-refractivity contribution is 5.88. The summed E-state index contributed by atoms with van der Waals surface area (Å²) in [6.45, 7) is 2.50. The SMILES string of the molecule is CCOC(=O)c1cc(-c2cc(OCc3ccccc3)c(OCc3ccccc3)c[n+]2O)on1. The second-order valence-electron chi connectivity index (χ2n) is 7.08. The summed E-state index contributed by atoms with van der Waals surface area (Å²) < 4.78 is 23.0. The fourth-order valence-electron chi connectivity index (χ4n) is 3.08. The predicted molar refractivity (Wildman–Crippen MR) is 117 cm³/mol. The van der Waals surface area contributed by atoms with Crippen molar-refractivity contribution in [3.63, 3.8) is 0 Å². The molecule has 4 aromatic rings. The molecule has 2 heterocycles. The molecule has 0 aliphatic heterocycles. The molecule has 0 saturated carbocycles. The van der Waals surface area contributed by atoms with Crippen LogP contribution in [0, 0.1) is 0 Å². The van der Waals surface area contributed by atoms with Gasteiger partial charge in [-0.05, 0) is 18.1 Å². The first-order chi connectivity index (χ1) is 16.1. The molecule has 0 amide bonds. The minimum Gasteiger partial charge on any atom is -0.484 e. The molecule has 8 nitrogen and oxygen atoms in total. The molecule has 1 N–H and O–H groups in total. The average molecular weight is 447 g/mol. The Morgan fingerprint density at radius 3 is 2.15 bits per heavy atom. The molecule has 33 heavy (non-hydrogen) atoms. The summed E-state index contributed by atoms with van der Waals surface area (Å²) in [4.78, 5) is 11.9. The Bertz CT molecular complexity index is 1210. The third kappa shape index (κ3) is 5.48. The third-order valence-corrected chi connectivity index (χ3v) is 4.72. The number of benzene rings is 2. The van der Waals surface area contributed by atoms with Crippen molar-refractivity contribution < 1.29 is 33.5 Å². The predicted octanol–water partition coefficient (Wildman–Crippen LogP) is 4.20. The minimum absolute atomic E-state index is 0.00279. The number of carbonyl (C=O) groups is 1. The van der Waals surface area contributed by atoms with E-state index >= 15 is 0 Å². The molecule has 0 radical (unpaired) electrons. The van der Waals surface area contributed by atoms with E-state index in [1.165, 1.54) is 12.3 Å². The zero-order valence-corrected chi connectivity index (χ0v) is 18.0. The third-order valence-electron chi connectivity index (χ3n) is 4.72. The quantitative estimate of drug-likeness (QED) is 0.233. The van der Waals surface area contributed by atoms with E-state index in [0.29, 0.717) is 18.1 Å². The zero-order chi connectivity index (χ0) is 23.0. The van der Waals surface area contributed by atoms with Crippen molar-refractivity contribution in [2.24, 2.45) is 0 Å². The lowest BCUT2D eigenvalue weighted by atomic mass is 10.2. The van der Waals surface area contributed by atoms with Crippen molar-refractivity contribution >= 4 is 5.97 Å². The number of ether oxygens (including phenoxy) is 3. The summed E-state index contributed by atoms with van der Waals surface area (Å²) in [6, 6.07) is 22.3. The van der Waals surface area contributed by atoms with Gasteiger partial charge in [0.25, 0.3) is 6.20 Å². The number of esters is 1. The molecule has 0 fully saturated rings. The largest absolute Gasteiger partial charge is 0.484 e. The van der Waals surface area contributed by atoms with Crippen LogP contribution in [-0.2, 0) is 18.0 Å². The van der Waals surface area contributed by atoms with Gasteiger partial charge in [-0.25, -0.2) is 4.79 Å². The van der Waals surface area contributed by atoms with Gasteiger partial charge < -0.3 is 18.7 Å². The second-order valence-corrected chi connectivity index (χ2v) is 7.08. The number of aromatic nitrogens is 2. The first-order valence-corrected chi connectivity index (χ1v) is 10.4. The van der Waals surface area contributed by atoms with Gasteiger partial charge in [0.15, 0.2) is 11.4 Å². The van der Waals surface area contributed by atoms with Crippen molar-refractivity contribution in [2.75, 3.05) is 6.61 Å². The average Bonchev–Trinajstić information content (AvgIpc) is 3.34.